The maximum Gasteiger partial charge on any atom is 0.332 e. The van der Waals surface area contributed by atoms with E-state index >= 15 is 0 Å². The van der Waals surface area contributed by atoms with Crippen LogP contribution >= 0.6 is 0 Å². The number of pyridine rings is 1. The number of urea groups is 1. The quantitative estimate of drug-likeness (QED) is 0.713. The van der Waals surface area contributed by atoms with Crippen LogP contribution in [-0.4, -0.2) is 54.1 Å². The second-order valence-corrected chi connectivity index (χ2v) is 8.07. The topological polar surface area (TPSA) is 89.8 Å². The molecule has 1 aromatic carbocycles. The Balaban J connectivity index is 1.30. The van der Waals surface area contributed by atoms with Crippen LogP contribution in [0.3, 0.4) is 0 Å². The zero-order valence-corrected chi connectivity index (χ0v) is 17.2. The number of hydrogen-bond donors (Lipinski definition) is 0. The van der Waals surface area contributed by atoms with Gasteiger partial charge in [-0.2, -0.15) is 5.26 Å². The fraction of sp³-hybridized carbons (Fsp3) is 0.391. The highest BCUT2D eigenvalue weighted by Crippen LogP contribution is 2.30. The summed E-state index contributed by atoms with van der Waals surface area (Å²) >= 11 is 0. The number of nitrogens with zero attached hydrogens (tertiary/aromatic N) is 5. The molecule has 1 aromatic heterocycles. The second-order valence-electron chi connectivity index (χ2n) is 8.07. The first kappa shape index (κ1) is 19.5. The number of para-hydroxylation sites is 1. The van der Waals surface area contributed by atoms with Gasteiger partial charge in [0, 0.05) is 31.1 Å². The normalized spacial score (nSPS) is 19.5. The van der Waals surface area contributed by atoms with Crippen molar-refractivity contribution in [3.63, 3.8) is 0 Å². The van der Waals surface area contributed by atoms with Crippen LogP contribution in [0.15, 0.2) is 36.4 Å². The van der Waals surface area contributed by atoms with Gasteiger partial charge in [0.15, 0.2) is 0 Å². The van der Waals surface area contributed by atoms with Crippen molar-refractivity contribution in [3.8, 4) is 6.07 Å². The zero-order chi connectivity index (χ0) is 21.4. The van der Waals surface area contributed by atoms with Crippen LogP contribution in [0.4, 0.5) is 16.3 Å². The molecule has 0 N–H and O–H groups in total. The summed E-state index contributed by atoms with van der Waals surface area (Å²) in [6.45, 7) is 2.63. The Kier molecular flexibility index (Phi) is 5.04. The number of ether oxygens (including phenoxy) is 1. The van der Waals surface area contributed by atoms with Crippen LogP contribution in [0.1, 0.15) is 29.7 Å². The lowest BCUT2D eigenvalue weighted by Gasteiger charge is -2.37. The molecule has 0 atom stereocenters. The number of fused-ring (bicyclic) bond motifs is 1. The van der Waals surface area contributed by atoms with Crippen molar-refractivity contribution in [2.24, 2.45) is 0 Å². The summed E-state index contributed by atoms with van der Waals surface area (Å²) in [6, 6.07) is 13.0. The number of amides is 3. The van der Waals surface area contributed by atoms with Crippen LogP contribution in [0, 0.1) is 11.3 Å². The van der Waals surface area contributed by atoms with Crippen molar-refractivity contribution < 1.29 is 14.3 Å². The van der Waals surface area contributed by atoms with E-state index in [1.54, 1.807) is 17.0 Å². The summed E-state index contributed by atoms with van der Waals surface area (Å²) in [5, 5.41) is 9.62. The molecule has 8 nitrogen and oxygen atoms in total. The van der Waals surface area contributed by atoms with Gasteiger partial charge in [0.2, 0.25) is 0 Å². The monoisotopic (exact) mass is 417 g/mol. The van der Waals surface area contributed by atoms with Gasteiger partial charge < -0.3 is 14.5 Å². The summed E-state index contributed by atoms with van der Waals surface area (Å²) in [5.41, 5.74) is 3.16. The van der Waals surface area contributed by atoms with Crippen molar-refractivity contribution in [1.82, 2.24) is 9.88 Å². The molecule has 0 bridgehead atoms. The van der Waals surface area contributed by atoms with Gasteiger partial charge in [-0.15, -0.1) is 0 Å². The molecule has 158 valence electrons. The van der Waals surface area contributed by atoms with Gasteiger partial charge in [0.25, 0.3) is 5.91 Å². The summed E-state index contributed by atoms with van der Waals surface area (Å²) in [7, 11) is 0. The number of carbonyl (C=O) groups excluding carboxylic acids is 2. The Morgan fingerprint density at radius 2 is 1.90 bits per heavy atom. The smallest absolute Gasteiger partial charge is 0.332 e. The Bertz CT molecular complexity index is 1060. The fourth-order valence-electron chi connectivity index (χ4n) is 4.62. The molecule has 2 saturated heterocycles. The Morgan fingerprint density at radius 3 is 2.65 bits per heavy atom. The molecule has 8 heteroatoms. The molecule has 0 radical (unpaired) electrons. The number of aromatic nitrogens is 1. The SMILES string of the molecule is N#Cc1cc2c(nc1N1CCC(N3CC(=O)N(c4ccccc4)C3=O)CC1)CCOC2. The Labute approximate surface area is 180 Å². The zero-order valence-electron chi connectivity index (χ0n) is 17.2. The highest BCUT2D eigenvalue weighted by molar-refractivity contribution is 6.19. The van der Waals surface area contributed by atoms with Gasteiger partial charge in [-0.3, -0.25) is 4.79 Å². The summed E-state index contributed by atoms with van der Waals surface area (Å²) < 4.78 is 5.48. The maximum atomic E-state index is 13.0. The molecule has 3 amide bonds. The van der Waals surface area contributed by atoms with E-state index in [-0.39, 0.29) is 24.5 Å². The molecule has 31 heavy (non-hydrogen) atoms. The molecule has 2 fully saturated rings. The van der Waals surface area contributed by atoms with E-state index in [2.05, 4.69) is 11.0 Å². The first-order valence-electron chi connectivity index (χ1n) is 10.6. The largest absolute Gasteiger partial charge is 0.376 e. The number of rotatable bonds is 3. The summed E-state index contributed by atoms with van der Waals surface area (Å²) in [5.74, 6) is 0.528. The predicted octanol–water partition coefficient (Wildman–Crippen LogP) is 2.46. The van der Waals surface area contributed by atoms with E-state index in [0.29, 0.717) is 37.6 Å². The Hall–Kier alpha value is -3.44. The molecule has 2 aromatic rings. The minimum atomic E-state index is -0.251. The third-order valence-corrected chi connectivity index (χ3v) is 6.24. The van der Waals surface area contributed by atoms with Gasteiger partial charge in [0.1, 0.15) is 18.4 Å². The molecule has 0 spiro atoms. The molecule has 4 heterocycles. The van der Waals surface area contributed by atoms with Crippen LogP contribution in [0.25, 0.3) is 0 Å². The van der Waals surface area contributed by atoms with Crippen molar-refractivity contribution >= 4 is 23.4 Å². The van der Waals surface area contributed by atoms with Crippen LogP contribution in [-0.2, 0) is 22.6 Å². The first-order valence-corrected chi connectivity index (χ1v) is 10.6. The van der Waals surface area contributed by atoms with Crippen molar-refractivity contribution in [3.05, 3.63) is 53.2 Å². The lowest BCUT2D eigenvalue weighted by Crippen LogP contribution is -2.47. The highest BCUT2D eigenvalue weighted by Gasteiger charge is 2.41. The van der Waals surface area contributed by atoms with E-state index in [4.69, 9.17) is 9.72 Å². The maximum absolute atomic E-state index is 13.0. The summed E-state index contributed by atoms with van der Waals surface area (Å²) in [6.07, 6.45) is 2.22. The van der Waals surface area contributed by atoms with E-state index in [9.17, 15) is 14.9 Å². The number of hydrogen-bond acceptors (Lipinski definition) is 6. The molecule has 3 aliphatic heterocycles. The van der Waals surface area contributed by atoms with Gasteiger partial charge in [-0.25, -0.2) is 14.7 Å². The van der Waals surface area contributed by atoms with Gasteiger partial charge in [-0.05, 0) is 31.0 Å². The molecule has 0 aliphatic carbocycles. The van der Waals surface area contributed by atoms with Crippen LogP contribution < -0.4 is 9.80 Å². The standard InChI is InChI=1S/C23H23N5O3/c24-13-16-12-17-15-31-11-8-20(17)25-22(16)26-9-6-18(7-10-26)27-14-21(29)28(23(27)30)19-4-2-1-3-5-19/h1-5,12,18H,6-11,14-15H2. The number of anilines is 2. The first-order chi connectivity index (χ1) is 15.2. The lowest BCUT2D eigenvalue weighted by molar-refractivity contribution is -0.116. The molecular formula is C23H23N5O3. The minimum Gasteiger partial charge on any atom is -0.376 e. The van der Waals surface area contributed by atoms with Gasteiger partial charge in [0.05, 0.1) is 30.2 Å². The third kappa shape index (κ3) is 3.51. The van der Waals surface area contributed by atoms with E-state index < -0.39 is 0 Å². The third-order valence-electron chi connectivity index (χ3n) is 6.24. The van der Waals surface area contributed by atoms with Gasteiger partial charge in [-0.1, -0.05) is 18.2 Å². The molecule has 5 rings (SSSR count). The van der Waals surface area contributed by atoms with Crippen LogP contribution in [0.5, 0.6) is 0 Å². The molecule has 0 saturated carbocycles. The lowest BCUT2D eigenvalue weighted by atomic mass is 10.0. The van der Waals surface area contributed by atoms with Crippen molar-refractivity contribution in [2.45, 2.75) is 31.9 Å². The predicted molar refractivity (Wildman–Crippen MR) is 114 cm³/mol. The van der Waals surface area contributed by atoms with Gasteiger partial charge >= 0.3 is 6.03 Å². The highest BCUT2D eigenvalue weighted by atomic mass is 16.5. The second kappa shape index (κ2) is 8.00. The van der Waals surface area contributed by atoms with E-state index in [1.165, 1.54) is 4.90 Å². The van der Waals surface area contributed by atoms with Crippen LogP contribution in [0.2, 0.25) is 0 Å². The number of nitriles is 1. The average molecular weight is 417 g/mol. The summed E-state index contributed by atoms with van der Waals surface area (Å²) in [4.78, 5) is 35.4. The van der Waals surface area contributed by atoms with Crippen molar-refractivity contribution in [2.75, 3.05) is 36.0 Å². The minimum absolute atomic E-state index is 0.00187. The van der Waals surface area contributed by atoms with Crippen molar-refractivity contribution in [1.29, 1.82) is 5.26 Å². The number of carbonyl (C=O) groups is 2. The number of piperidine rings is 1. The Morgan fingerprint density at radius 1 is 1.13 bits per heavy atom. The molecule has 0 unspecified atom stereocenters. The average Bonchev–Trinajstić information content (AvgIpc) is 3.12. The number of imide groups is 1. The molecule has 3 aliphatic rings. The fourth-order valence-corrected chi connectivity index (χ4v) is 4.62. The van der Waals surface area contributed by atoms with E-state index in [1.807, 2.05) is 24.3 Å². The number of benzene rings is 1. The van der Waals surface area contributed by atoms with E-state index in [0.717, 1.165) is 36.3 Å². The molecular weight excluding hydrogens is 394 g/mol.